The Morgan fingerprint density at radius 3 is 2.54 bits per heavy atom. The number of aromatic hydroxyl groups is 2. The Labute approximate surface area is 75.4 Å². The van der Waals surface area contributed by atoms with Crippen LogP contribution in [0.2, 0.25) is 0 Å². The summed E-state index contributed by atoms with van der Waals surface area (Å²) in [5, 5.41) is 18.4. The van der Waals surface area contributed by atoms with Crippen LogP contribution < -0.4 is 0 Å². The third-order valence-corrected chi connectivity index (χ3v) is 1.64. The number of phenolic OH excluding ortho intramolecular Hbond substituents is 2. The molecule has 0 aromatic heterocycles. The number of rotatable bonds is 1. The summed E-state index contributed by atoms with van der Waals surface area (Å²) in [6.45, 7) is 1.70. The van der Waals surface area contributed by atoms with Gasteiger partial charge in [0.25, 0.3) is 0 Å². The highest BCUT2D eigenvalue weighted by Gasteiger charge is 2.14. The summed E-state index contributed by atoms with van der Waals surface area (Å²) in [5.41, 5.74) is 0.649. The second-order valence-electron chi connectivity index (χ2n) is 2.67. The molecule has 0 fully saturated rings. The monoisotopic (exact) mass is 182 g/mol. The maximum Gasteiger partial charge on any atom is 0.341 e. The SMILES string of the molecule is COC(=O)c1cc(C)cc(O)c1O. The first kappa shape index (κ1) is 9.38. The summed E-state index contributed by atoms with van der Waals surface area (Å²) in [6, 6.07) is 2.81. The minimum atomic E-state index is -0.670. The largest absolute Gasteiger partial charge is 0.504 e. The van der Waals surface area contributed by atoms with Crippen molar-refractivity contribution in [3.8, 4) is 11.5 Å². The van der Waals surface area contributed by atoms with E-state index in [-0.39, 0.29) is 11.3 Å². The molecule has 70 valence electrons. The van der Waals surface area contributed by atoms with E-state index in [9.17, 15) is 9.90 Å². The van der Waals surface area contributed by atoms with Gasteiger partial charge in [-0.15, -0.1) is 0 Å². The lowest BCUT2D eigenvalue weighted by atomic mass is 10.1. The summed E-state index contributed by atoms with van der Waals surface area (Å²) < 4.78 is 4.42. The normalized spacial score (nSPS) is 9.69. The number of esters is 1. The second kappa shape index (κ2) is 3.35. The summed E-state index contributed by atoms with van der Waals surface area (Å²) in [6.07, 6.45) is 0. The Bertz CT molecular complexity index is 344. The van der Waals surface area contributed by atoms with Crippen LogP contribution in [0.4, 0.5) is 0 Å². The lowest BCUT2D eigenvalue weighted by molar-refractivity contribution is 0.0596. The van der Waals surface area contributed by atoms with Gasteiger partial charge in [-0.2, -0.15) is 0 Å². The van der Waals surface area contributed by atoms with Crippen LogP contribution in [0, 0.1) is 6.92 Å². The van der Waals surface area contributed by atoms with Crippen molar-refractivity contribution in [1.29, 1.82) is 0 Å². The lowest BCUT2D eigenvalue weighted by Gasteiger charge is -2.05. The van der Waals surface area contributed by atoms with E-state index < -0.39 is 11.7 Å². The third-order valence-electron chi connectivity index (χ3n) is 1.64. The van der Waals surface area contributed by atoms with Crippen molar-refractivity contribution < 1.29 is 19.7 Å². The number of phenols is 2. The van der Waals surface area contributed by atoms with Gasteiger partial charge in [0.2, 0.25) is 0 Å². The van der Waals surface area contributed by atoms with Crippen molar-refractivity contribution in [3.63, 3.8) is 0 Å². The fourth-order valence-corrected chi connectivity index (χ4v) is 1.03. The molecular formula is C9H10O4. The van der Waals surface area contributed by atoms with Crippen molar-refractivity contribution in [3.05, 3.63) is 23.3 Å². The van der Waals surface area contributed by atoms with Crippen LogP contribution in [0.1, 0.15) is 15.9 Å². The van der Waals surface area contributed by atoms with E-state index in [2.05, 4.69) is 4.74 Å². The van der Waals surface area contributed by atoms with Gasteiger partial charge in [-0.1, -0.05) is 0 Å². The van der Waals surface area contributed by atoms with E-state index in [4.69, 9.17) is 5.11 Å². The first-order valence-electron chi connectivity index (χ1n) is 3.67. The molecule has 0 saturated heterocycles. The molecule has 13 heavy (non-hydrogen) atoms. The van der Waals surface area contributed by atoms with Gasteiger partial charge >= 0.3 is 5.97 Å². The Morgan fingerprint density at radius 1 is 1.38 bits per heavy atom. The first-order chi connectivity index (χ1) is 6.06. The van der Waals surface area contributed by atoms with E-state index in [0.29, 0.717) is 5.56 Å². The van der Waals surface area contributed by atoms with Crippen LogP contribution in [0.25, 0.3) is 0 Å². The quantitative estimate of drug-likeness (QED) is 0.505. The van der Waals surface area contributed by atoms with E-state index >= 15 is 0 Å². The van der Waals surface area contributed by atoms with E-state index in [0.717, 1.165) is 0 Å². The average molecular weight is 182 g/mol. The zero-order valence-electron chi connectivity index (χ0n) is 7.37. The van der Waals surface area contributed by atoms with Gasteiger partial charge in [-0.05, 0) is 24.6 Å². The number of carbonyl (C=O) groups is 1. The van der Waals surface area contributed by atoms with Crippen molar-refractivity contribution in [2.24, 2.45) is 0 Å². The molecule has 0 heterocycles. The number of methoxy groups -OCH3 is 1. The molecule has 0 aliphatic heterocycles. The van der Waals surface area contributed by atoms with Crippen LogP contribution in [-0.4, -0.2) is 23.3 Å². The van der Waals surface area contributed by atoms with Crippen molar-refractivity contribution in [2.75, 3.05) is 7.11 Å². The van der Waals surface area contributed by atoms with Crippen LogP contribution >= 0.6 is 0 Å². The molecule has 1 aromatic rings. The van der Waals surface area contributed by atoms with Crippen LogP contribution in [0.5, 0.6) is 11.5 Å². The predicted octanol–water partition coefficient (Wildman–Crippen LogP) is 1.19. The van der Waals surface area contributed by atoms with E-state index in [1.54, 1.807) is 6.92 Å². The van der Waals surface area contributed by atoms with Crippen molar-refractivity contribution >= 4 is 5.97 Å². The second-order valence-corrected chi connectivity index (χ2v) is 2.67. The van der Waals surface area contributed by atoms with Gasteiger partial charge in [0.15, 0.2) is 11.5 Å². The maximum absolute atomic E-state index is 11.0. The van der Waals surface area contributed by atoms with Crippen LogP contribution in [-0.2, 0) is 4.74 Å². The molecule has 1 aromatic carbocycles. The Kier molecular flexibility index (Phi) is 2.41. The number of benzene rings is 1. The lowest BCUT2D eigenvalue weighted by Crippen LogP contribution is -2.01. The van der Waals surface area contributed by atoms with Gasteiger partial charge in [0.05, 0.1) is 7.11 Å². The highest BCUT2D eigenvalue weighted by molar-refractivity contribution is 5.93. The molecule has 4 heteroatoms. The molecule has 0 radical (unpaired) electrons. The molecule has 4 nitrogen and oxygen atoms in total. The van der Waals surface area contributed by atoms with Gasteiger partial charge in [0, 0.05) is 0 Å². The summed E-state index contributed by atoms with van der Waals surface area (Å²) >= 11 is 0. The molecule has 0 bridgehead atoms. The smallest absolute Gasteiger partial charge is 0.341 e. The minimum absolute atomic E-state index is 0.0278. The molecule has 0 saturated carbocycles. The van der Waals surface area contributed by atoms with E-state index in [1.807, 2.05) is 0 Å². The topological polar surface area (TPSA) is 66.8 Å². The van der Waals surface area contributed by atoms with Crippen LogP contribution in [0.15, 0.2) is 12.1 Å². The summed E-state index contributed by atoms with van der Waals surface area (Å²) in [5.74, 6) is -1.44. The molecule has 0 atom stereocenters. The van der Waals surface area contributed by atoms with Crippen LogP contribution in [0.3, 0.4) is 0 Å². The summed E-state index contributed by atoms with van der Waals surface area (Å²) in [4.78, 5) is 11.0. The highest BCUT2D eigenvalue weighted by Crippen LogP contribution is 2.30. The fraction of sp³-hybridized carbons (Fsp3) is 0.222. The standard InChI is InChI=1S/C9H10O4/c1-5-3-6(9(12)13-2)8(11)7(10)4-5/h3-4,10-11H,1-2H3. The number of carbonyl (C=O) groups excluding carboxylic acids is 1. The predicted molar refractivity (Wildman–Crippen MR) is 45.8 cm³/mol. The van der Waals surface area contributed by atoms with E-state index in [1.165, 1.54) is 19.2 Å². The average Bonchev–Trinajstić information content (AvgIpc) is 2.10. The Morgan fingerprint density at radius 2 is 2.00 bits per heavy atom. The molecule has 2 N–H and O–H groups in total. The molecule has 0 aliphatic rings. The van der Waals surface area contributed by atoms with Crippen molar-refractivity contribution in [2.45, 2.75) is 6.92 Å². The fourth-order valence-electron chi connectivity index (χ4n) is 1.03. The molecular weight excluding hydrogens is 172 g/mol. The maximum atomic E-state index is 11.0. The van der Waals surface area contributed by atoms with Gasteiger partial charge in [-0.25, -0.2) is 4.79 Å². The highest BCUT2D eigenvalue weighted by atomic mass is 16.5. The zero-order valence-corrected chi connectivity index (χ0v) is 7.37. The molecule has 1 rings (SSSR count). The summed E-state index contributed by atoms with van der Waals surface area (Å²) in [7, 11) is 1.21. The van der Waals surface area contributed by atoms with Gasteiger partial charge in [0.1, 0.15) is 5.56 Å². The molecule has 0 aliphatic carbocycles. The number of aryl methyl sites for hydroxylation is 1. The van der Waals surface area contributed by atoms with Crippen molar-refractivity contribution in [1.82, 2.24) is 0 Å². The zero-order chi connectivity index (χ0) is 10.0. The first-order valence-corrected chi connectivity index (χ1v) is 3.67. The number of ether oxygens (including phenoxy) is 1. The molecule has 0 amide bonds. The number of hydrogen-bond acceptors (Lipinski definition) is 4. The van der Waals surface area contributed by atoms with Gasteiger partial charge in [-0.3, -0.25) is 0 Å². The molecule has 0 spiro atoms. The number of hydrogen-bond donors (Lipinski definition) is 2. The Hall–Kier alpha value is -1.71. The molecule has 0 unspecified atom stereocenters. The Balaban J connectivity index is 3.28. The van der Waals surface area contributed by atoms with Gasteiger partial charge < -0.3 is 14.9 Å². The minimum Gasteiger partial charge on any atom is -0.504 e. The third kappa shape index (κ3) is 1.72.